The van der Waals surface area contributed by atoms with E-state index in [2.05, 4.69) is 13.8 Å². The van der Waals surface area contributed by atoms with E-state index in [1.165, 1.54) is 0 Å². The van der Waals surface area contributed by atoms with Gasteiger partial charge in [-0.15, -0.1) is 0 Å². The molecule has 1 aliphatic rings. The lowest BCUT2D eigenvalue weighted by atomic mass is 9.97. The number of benzene rings is 2. The first kappa shape index (κ1) is 19.4. The molecule has 0 radical (unpaired) electrons. The average Bonchev–Trinajstić information content (AvgIpc) is 2.92. The van der Waals surface area contributed by atoms with Gasteiger partial charge in [-0.3, -0.25) is 9.83 Å². The Morgan fingerprint density at radius 1 is 0.690 bits per heavy atom. The third-order valence-corrected chi connectivity index (χ3v) is 5.06. The molecular formula is C23H25N5O. The summed E-state index contributed by atoms with van der Waals surface area (Å²) in [6.45, 7) is 8.17. The Morgan fingerprint density at radius 2 is 1.14 bits per heavy atom. The Labute approximate surface area is 171 Å². The minimum atomic E-state index is -0.528. The van der Waals surface area contributed by atoms with Crippen LogP contribution in [-0.4, -0.2) is 44.0 Å². The summed E-state index contributed by atoms with van der Waals surface area (Å²) in [6, 6.07) is 19.9. The van der Waals surface area contributed by atoms with Crippen LogP contribution in [0.5, 0.6) is 0 Å². The molecule has 2 aromatic carbocycles. The lowest BCUT2D eigenvalue weighted by molar-refractivity contribution is -0.216. The maximum atomic E-state index is 5.67. The van der Waals surface area contributed by atoms with E-state index in [1.54, 1.807) is 7.11 Å². The van der Waals surface area contributed by atoms with Crippen molar-refractivity contribution in [3.63, 3.8) is 0 Å². The van der Waals surface area contributed by atoms with Crippen LogP contribution in [-0.2, 0) is 4.84 Å². The molecule has 0 atom stereocenters. The number of aliphatic imine (C=N–C) groups is 1. The van der Waals surface area contributed by atoms with Crippen molar-refractivity contribution in [1.29, 1.82) is 0 Å². The molecule has 0 spiro atoms. The Kier molecular flexibility index (Phi) is 4.76. The molecule has 2 heterocycles. The van der Waals surface area contributed by atoms with Gasteiger partial charge in [-0.1, -0.05) is 60.7 Å². The normalized spacial score (nSPS) is 17.9. The first-order valence-corrected chi connectivity index (χ1v) is 9.65. The predicted molar refractivity (Wildman–Crippen MR) is 114 cm³/mol. The molecule has 1 aliphatic heterocycles. The largest absolute Gasteiger partial charge is 0.299 e. The average molecular weight is 387 g/mol. The zero-order chi connectivity index (χ0) is 20.6. The fourth-order valence-electron chi connectivity index (χ4n) is 3.93. The molecule has 0 saturated heterocycles. The second kappa shape index (κ2) is 7.13. The summed E-state index contributed by atoms with van der Waals surface area (Å²) in [4.78, 5) is 25.0. The smallest absolute Gasteiger partial charge is 0.179 e. The number of hydrogen-bond donors (Lipinski definition) is 0. The number of hydrogen-bond acceptors (Lipinski definition) is 6. The van der Waals surface area contributed by atoms with Crippen LogP contribution in [0.2, 0.25) is 0 Å². The molecule has 0 saturated carbocycles. The van der Waals surface area contributed by atoms with Gasteiger partial charge in [0.05, 0.1) is 12.6 Å². The summed E-state index contributed by atoms with van der Waals surface area (Å²) in [5, 5.41) is 1.88. The van der Waals surface area contributed by atoms with E-state index < -0.39 is 11.2 Å². The second-order valence-corrected chi connectivity index (χ2v) is 8.03. The molecule has 6 heteroatoms. The first-order chi connectivity index (χ1) is 13.8. The molecule has 4 rings (SSSR count). The van der Waals surface area contributed by atoms with Crippen molar-refractivity contribution < 1.29 is 4.84 Å². The summed E-state index contributed by atoms with van der Waals surface area (Å²) < 4.78 is 0. The highest BCUT2D eigenvalue weighted by atomic mass is 16.7. The van der Waals surface area contributed by atoms with Gasteiger partial charge in [0, 0.05) is 11.1 Å². The lowest BCUT2D eigenvalue weighted by Crippen LogP contribution is -2.51. The molecule has 0 unspecified atom stereocenters. The van der Waals surface area contributed by atoms with Gasteiger partial charge < -0.3 is 0 Å². The maximum absolute atomic E-state index is 5.67. The third kappa shape index (κ3) is 3.45. The predicted octanol–water partition coefficient (Wildman–Crippen LogP) is 4.39. The summed E-state index contributed by atoms with van der Waals surface area (Å²) in [5.41, 5.74) is 1.63. The van der Waals surface area contributed by atoms with Crippen molar-refractivity contribution in [2.24, 2.45) is 4.99 Å². The summed E-state index contributed by atoms with van der Waals surface area (Å²) >= 11 is 0. The van der Waals surface area contributed by atoms with Gasteiger partial charge in [0.15, 0.2) is 17.5 Å². The number of nitrogens with zero attached hydrogens (tertiary/aromatic N) is 5. The second-order valence-electron chi connectivity index (χ2n) is 8.03. The highest BCUT2D eigenvalue weighted by Crippen LogP contribution is 2.37. The minimum absolute atomic E-state index is 0.498. The topological polar surface area (TPSA) is 63.5 Å². The van der Waals surface area contributed by atoms with Crippen molar-refractivity contribution in [2.75, 3.05) is 7.11 Å². The van der Waals surface area contributed by atoms with Crippen LogP contribution >= 0.6 is 0 Å². The van der Waals surface area contributed by atoms with Gasteiger partial charge in [0.2, 0.25) is 0 Å². The fraction of sp³-hybridized carbons (Fsp3) is 0.304. The van der Waals surface area contributed by atoms with Crippen LogP contribution in [0.4, 0.5) is 0 Å². The first-order valence-electron chi connectivity index (χ1n) is 9.65. The van der Waals surface area contributed by atoms with Crippen LogP contribution in [0.3, 0.4) is 0 Å². The minimum Gasteiger partial charge on any atom is -0.299 e. The van der Waals surface area contributed by atoms with Crippen LogP contribution < -0.4 is 0 Å². The molecule has 3 aromatic rings. The van der Waals surface area contributed by atoms with E-state index in [9.17, 15) is 0 Å². The van der Waals surface area contributed by atoms with E-state index >= 15 is 0 Å². The highest BCUT2D eigenvalue weighted by Gasteiger charge is 2.50. The Hall–Kier alpha value is -2.96. The van der Waals surface area contributed by atoms with E-state index in [0.717, 1.165) is 16.8 Å². The molecule has 0 amide bonds. The molecule has 0 bridgehead atoms. The molecule has 0 aliphatic carbocycles. The van der Waals surface area contributed by atoms with Gasteiger partial charge in [0.25, 0.3) is 0 Å². The molecule has 6 nitrogen and oxygen atoms in total. The number of hydroxylamine groups is 2. The molecular weight excluding hydrogens is 362 g/mol. The molecule has 148 valence electrons. The van der Waals surface area contributed by atoms with Crippen LogP contribution in [0.1, 0.15) is 33.5 Å². The van der Waals surface area contributed by atoms with E-state index in [1.807, 2.05) is 79.6 Å². The molecule has 0 N–H and O–H groups in total. The zero-order valence-electron chi connectivity index (χ0n) is 17.4. The summed E-state index contributed by atoms with van der Waals surface area (Å²) in [7, 11) is 1.67. The fourth-order valence-corrected chi connectivity index (χ4v) is 3.93. The molecule has 0 fully saturated rings. The SMILES string of the molecule is CON1C(C)(C)N=C(c2nc(-c3ccccc3)nc(-c3ccccc3)n2)C1(C)C. The number of rotatable bonds is 4. The highest BCUT2D eigenvalue weighted by molar-refractivity contribution is 6.06. The van der Waals surface area contributed by atoms with Crippen LogP contribution in [0.25, 0.3) is 22.8 Å². The third-order valence-electron chi connectivity index (χ3n) is 5.06. The van der Waals surface area contributed by atoms with Gasteiger partial charge in [0.1, 0.15) is 11.4 Å². The van der Waals surface area contributed by atoms with Crippen molar-refractivity contribution in [2.45, 2.75) is 38.9 Å². The van der Waals surface area contributed by atoms with Crippen molar-refractivity contribution in [3.8, 4) is 22.8 Å². The van der Waals surface area contributed by atoms with Gasteiger partial charge >= 0.3 is 0 Å². The van der Waals surface area contributed by atoms with E-state index in [0.29, 0.717) is 17.5 Å². The quantitative estimate of drug-likeness (QED) is 0.664. The van der Waals surface area contributed by atoms with Gasteiger partial charge in [-0.2, -0.15) is 5.06 Å². The van der Waals surface area contributed by atoms with Gasteiger partial charge in [-0.25, -0.2) is 15.0 Å². The Balaban J connectivity index is 1.92. The monoisotopic (exact) mass is 387 g/mol. The van der Waals surface area contributed by atoms with E-state index in [4.69, 9.17) is 24.8 Å². The Morgan fingerprint density at radius 3 is 1.55 bits per heavy atom. The molecule has 1 aromatic heterocycles. The van der Waals surface area contributed by atoms with Crippen molar-refractivity contribution in [3.05, 3.63) is 66.5 Å². The maximum Gasteiger partial charge on any atom is 0.179 e. The lowest BCUT2D eigenvalue weighted by Gasteiger charge is -2.36. The van der Waals surface area contributed by atoms with Crippen molar-refractivity contribution >= 4 is 5.71 Å². The Bertz CT molecular complexity index is 988. The van der Waals surface area contributed by atoms with Crippen LogP contribution in [0.15, 0.2) is 65.7 Å². The van der Waals surface area contributed by atoms with E-state index in [-0.39, 0.29) is 0 Å². The standard InChI is InChI=1S/C23H25N5O/c1-22(2)18(27-23(3,4)28(22)29-5)21-25-19(16-12-8-6-9-13-16)24-20(26-21)17-14-10-7-11-15-17/h6-15H,1-5H3. The summed E-state index contributed by atoms with van der Waals surface area (Å²) in [6.07, 6.45) is 0. The molecule has 29 heavy (non-hydrogen) atoms. The number of aromatic nitrogens is 3. The zero-order valence-corrected chi connectivity index (χ0v) is 17.4. The van der Waals surface area contributed by atoms with Gasteiger partial charge in [-0.05, 0) is 27.7 Å². The summed E-state index contributed by atoms with van der Waals surface area (Å²) in [5.74, 6) is 1.82. The van der Waals surface area contributed by atoms with Crippen LogP contribution in [0, 0.1) is 0 Å². The van der Waals surface area contributed by atoms with Crippen molar-refractivity contribution in [1.82, 2.24) is 20.0 Å².